The van der Waals surface area contributed by atoms with Crippen molar-refractivity contribution in [3.8, 4) is 0 Å². The van der Waals surface area contributed by atoms with E-state index in [9.17, 15) is 9.59 Å². The van der Waals surface area contributed by atoms with Gasteiger partial charge in [-0.2, -0.15) is 0 Å². The van der Waals surface area contributed by atoms with Crippen LogP contribution in [0.5, 0.6) is 0 Å². The highest BCUT2D eigenvalue weighted by Crippen LogP contribution is 2.20. The summed E-state index contributed by atoms with van der Waals surface area (Å²) in [5.74, 6) is -0.317. The van der Waals surface area contributed by atoms with Crippen LogP contribution < -0.4 is 16.0 Å². The largest absolute Gasteiger partial charge is 0.366 e. The van der Waals surface area contributed by atoms with Crippen LogP contribution in [0.4, 0.5) is 5.69 Å². The van der Waals surface area contributed by atoms with E-state index in [1.54, 1.807) is 0 Å². The summed E-state index contributed by atoms with van der Waals surface area (Å²) in [4.78, 5) is 23.7. The fraction of sp³-hybridized carbons (Fsp3) is 0.467. The molecule has 0 aliphatic carbocycles. The van der Waals surface area contributed by atoms with Crippen molar-refractivity contribution < 1.29 is 14.3 Å². The van der Waals surface area contributed by atoms with Crippen molar-refractivity contribution in [2.45, 2.75) is 19.4 Å². The molecule has 1 unspecified atom stereocenters. The molecule has 22 heavy (non-hydrogen) atoms. The van der Waals surface area contributed by atoms with E-state index < -0.39 is 6.10 Å². The number of aryl methyl sites for hydroxylation is 1. The molecule has 1 aliphatic heterocycles. The van der Waals surface area contributed by atoms with Crippen molar-refractivity contribution in [2.75, 3.05) is 31.6 Å². The van der Waals surface area contributed by atoms with Crippen LogP contribution in [0.15, 0.2) is 22.7 Å². The van der Waals surface area contributed by atoms with Crippen molar-refractivity contribution in [1.82, 2.24) is 10.6 Å². The lowest BCUT2D eigenvalue weighted by molar-refractivity contribution is -0.134. The van der Waals surface area contributed by atoms with E-state index >= 15 is 0 Å². The van der Waals surface area contributed by atoms with Gasteiger partial charge in [-0.1, -0.05) is 22.0 Å². The molecule has 7 heteroatoms. The predicted octanol–water partition coefficient (Wildman–Crippen LogP) is 1.19. The van der Waals surface area contributed by atoms with Gasteiger partial charge < -0.3 is 20.7 Å². The summed E-state index contributed by atoms with van der Waals surface area (Å²) in [6.45, 7) is 4.02. The van der Waals surface area contributed by atoms with Crippen LogP contribution in [-0.4, -0.2) is 44.2 Å². The molecule has 1 aromatic rings. The number of amides is 2. The highest BCUT2D eigenvalue weighted by atomic mass is 79.9. The van der Waals surface area contributed by atoms with E-state index in [1.807, 2.05) is 25.1 Å². The normalized spacial score (nSPS) is 17.8. The summed E-state index contributed by atoms with van der Waals surface area (Å²) in [6.07, 6.45) is -0.248. The second kappa shape index (κ2) is 8.26. The molecule has 1 heterocycles. The van der Waals surface area contributed by atoms with Gasteiger partial charge in [0.15, 0.2) is 0 Å². The Morgan fingerprint density at radius 1 is 1.45 bits per heavy atom. The second-order valence-corrected chi connectivity index (χ2v) is 6.03. The van der Waals surface area contributed by atoms with E-state index in [0.717, 1.165) is 22.3 Å². The molecule has 1 fully saturated rings. The summed E-state index contributed by atoms with van der Waals surface area (Å²) in [5, 5.41) is 8.65. The Labute approximate surface area is 138 Å². The zero-order valence-corrected chi connectivity index (χ0v) is 14.0. The molecule has 0 saturated carbocycles. The average Bonchev–Trinajstić information content (AvgIpc) is 2.51. The minimum atomic E-state index is -0.468. The van der Waals surface area contributed by atoms with Gasteiger partial charge in [-0.05, 0) is 24.6 Å². The van der Waals surface area contributed by atoms with Crippen molar-refractivity contribution in [3.05, 3.63) is 28.2 Å². The molecule has 0 bridgehead atoms. The molecule has 3 N–H and O–H groups in total. The Bertz CT molecular complexity index is 545. The molecule has 2 amide bonds. The van der Waals surface area contributed by atoms with E-state index in [4.69, 9.17) is 4.74 Å². The second-order valence-electron chi connectivity index (χ2n) is 5.11. The van der Waals surface area contributed by atoms with Crippen LogP contribution in [0.1, 0.15) is 12.0 Å². The molecule has 1 atom stereocenters. The Morgan fingerprint density at radius 3 is 3.00 bits per heavy atom. The minimum absolute atomic E-state index is 0.135. The average molecular weight is 370 g/mol. The lowest BCUT2D eigenvalue weighted by atomic mass is 10.2. The van der Waals surface area contributed by atoms with Crippen LogP contribution in [0.2, 0.25) is 0 Å². The molecule has 1 saturated heterocycles. The van der Waals surface area contributed by atoms with Crippen molar-refractivity contribution >= 4 is 33.4 Å². The number of carbonyl (C=O) groups is 2. The third-order valence-corrected chi connectivity index (χ3v) is 3.84. The Morgan fingerprint density at radius 2 is 2.27 bits per heavy atom. The number of hydrogen-bond acceptors (Lipinski definition) is 4. The molecule has 120 valence electrons. The molecule has 0 radical (unpaired) electrons. The minimum Gasteiger partial charge on any atom is -0.366 e. The van der Waals surface area contributed by atoms with Gasteiger partial charge in [-0.3, -0.25) is 9.59 Å². The molecule has 2 rings (SSSR count). The van der Waals surface area contributed by atoms with Gasteiger partial charge in [0.05, 0.1) is 6.61 Å². The van der Waals surface area contributed by atoms with Crippen molar-refractivity contribution in [3.63, 3.8) is 0 Å². The third-order valence-electron chi connectivity index (χ3n) is 3.35. The number of benzene rings is 1. The standard InChI is InChI=1S/C15H20BrN3O3/c1-10-2-3-11(16)8-12(10)19-14(20)4-5-18-15(21)13-9-17-6-7-22-13/h2-3,8,13,17H,4-7,9H2,1H3,(H,18,21)(H,19,20). The Hall–Kier alpha value is -1.44. The number of nitrogens with one attached hydrogen (secondary N) is 3. The smallest absolute Gasteiger partial charge is 0.250 e. The molecule has 6 nitrogen and oxygen atoms in total. The van der Waals surface area contributed by atoms with E-state index in [0.29, 0.717) is 13.2 Å². The maximum atomic E-state index is 11.9. The number of carbonyl (C=O) groups excluding carboxylic acids is 2. The number of hydrogen-bond donors (Lipinski definition) is 3. The van der Waals surface area contributed by atoms with Crippen molar-refractivity contribution in [2.24, 2.45) is 0 Å². The summed E-state index contributed by atoms with van der Waals surface area (Å²) in [5.41, 5.74) is 1.76. The first-order chi connectivity index (χ1) is 10.6. The number of rotatable bonds is 5. The monoisotopic (exact) mass is 369 g/mol. The first-order valence-electron chi connectivity index (χ1n) is 7.22. The van der Waals surface area contributed by atoms with Gasteiger partial charge in [-0.25, -0.2) is 0 Å². The number of anilines is 1. The van der Waals surface area contributed by atoms with Gasteiger partial charge >= 0.3 is 0 Å². The molecule has 1 aromatic carbocycles. The van der Waals surface area contributed by atoms with E-state index in [2.05, 4.69) is 31.9 Å². The summed E-state index contributed by atoms with van der Waals surface area (Å²) >= 11 is 3.37. The first-order valence-corrected chi connectivity index (χ1v) is 8.01. The molecular weight excluding hydrogens is 350 g/mol. The molecule has 0 aromatic heterocycles. The topological polar surface area (TPSA) is 79.5 Å². The Balaban J connectivity index is 1.73. The maximum Gasteiger partial charge on any atom is 0.250 e. The lowest BCUT2D eigenvalue weighted by Gasteiger charge is -2.22. The molecule has 1 aliphatic rings. The van der Waals surface area contributed by atoms with Gasteiger partial charge in [0.25, 0.3) is 0 Å². The van der Waals surface area contributed by atoms with Gasteiger partial charge in [0, 0.05) is 36.2 Å². The van der Waals surface area contributed by atoms with E-state index in [1.165, 1.54) is 0 Å². The highest BCUT2D eigenvalue weighted by molar-refractivity contribution is 9.10. The number of morpholine rings is 1. The maximum absolute atomic E-state index is 11.9. The predicted molar refractivity (Wildman–Crippen MR) is 87.7 cm³/mol. The number of ether oxygens (including phenoxy) is 1. The van der Waals surface area contributed by atoms with Crippen LogP contribution >= 0.6 is 15.9 Å². The summed E-state index contributed by atoms with van der Waals surface area (Å²) in [6, 6.07) is 5.70. The summed E-state index contributed by atoms with van der Waals surface area (Å²) < 4.78 is 6.25. The van der Waals surface area contributed by atoms with Crippen molar-refractivity contribution in [1.29, 1.82) is 0 Å². The zero-order chi connectivity index (χ0) is 15.9. The fourth-order valence-corrected chi connectivity index (χ4v) is 2.45. The van der Waals surface area contributed by atoms with E-state index in [-0.39, 0.29) is 24.8 Å². The molecular formula is C15H20BrN3O3. The van der Waals surface area contributed by atoms with Crippen LogP contribution in [0.25, 0.3) is 0 Å². The zero-order valence-electron chi connectivity index (χ0n) is 12.4. The Kier molecular flexibility index (Phi) is 6.35. The van der Waals surface area contributed by atoms with Crippen LogP contribution in [0.3, 0.4) is 0 Å². The quantitative estimate of drug-likeness (QED) is 0.728. The van der Waals surface area contributed by atoms with Gasteiger partial charge in [0.1, 0.15) is 6.10 Å². The first kappa shape index (κ1) is 16.9. The highest BCUT2D eigenvalue weighted by Gasteiger charge is 2.21. The van der Waals surface area contributed by atoms with Gasteiger partial charge in [0.2, 0.25) is 11.8 Å². The number of halogens is 1. The van der Waals surface area contributed by atoms with Crippen LogP contribution in [0, 0.1) is 6.92 Å². The summed E-state index contributed by atoms with van der Waals surface area (Å²) in [7, 11) is 0. The fourth-order valence-electron chi connectivity index (χ4n) is 2.09. The molecule has 0 spiro atoms. The van der Waals surface area contributed by atoms with Crippen LogP contribution in [-0.2, 0) is 14.3 Å². The van der Waals surface area contributed by atoms with Gasteiger partial charge in [-0.15, -0.1) is 0 Å². The third kappa shape index (κ3) is 5.08. The SMILES string of the molecule is Cc1ccc(Br)cc1NC(=O)CCNC(=O)C1CNCCO1. The lowest BCUT2D eigenvalue weighted by Crippen LogP contribution is -2.48.